The van der Waals surface area contributed by atoms with Crippen molar-refractivity contribution in [3.05, 3.63) is 59.1 Å². The Morgan fingerprint density at radius 3 is 2.57 bits per heavy atom. The smallest absolute Gasteiger partial charge is 0.170 e. The number of amidine groups is 1. The van der Waals surface area contributed by atoms with Gasteiger partial charge >= 0.3 is 0 Å². The van der Waals surface area contributed by atoms with Gasteiger partial charge in [0.25, 0.3) is 0 Å². The van der Waals surface area contributed by atoms with Crippen LogP contribution < -0.4 is 15.8 Å². The number of nitrogens with two attached hydrogens (primary N) is 1. The maximum Gasteiger partial charge on any atom is 0.170 e. The van der Waals surface area contributed by atoms with Gasteiger partial charge in [-0.1, -0.05) is 28.9 Å². The lowest BCUT2D eigenvalue weighted by atomic mass is 10.2. The van der Waals surface area contributed by atoms with Crippen LogP contribution in [0.1, 0.15) is 5.56 Å². The van der Waals surface area contributed by atoms with Gasteiger partial charge in [-0.2, -0.15) is 0 Å². The molecule has 5 nitrogen and oxygen atoms in total. The number of ether oxygens (including phenoxy) is 1. The third-order valence-electron chi connectivity index (χ3n) is 2.82. The normalized spacial score (nSPS) is 11.2. The summed E-state index contributed by atoms with van der Waals surface area (Å²) in [5.74, 6) is 0.785. The molecule has 0 bridgehead atoms. The summed E-state index contributed by atoms with van der Waals surface area (Å²) in [7, 11) is 0. The van der Waals surface area contributed by atoms with E-state index in [4.69, 9.17) is 27.3 Å². The highest BCUT2D eigenvalue weighted by Crippen LogP contribution is 2.20. The van der Waals surface area contributed by atoms with Gasteiger partial charge in [-0.3, -0.25) is 0 Å². The van der Waals surface area contributed by atoms with Crippen LogP contribution in [0.4, 0.5) is 5.69 Å². The largest absolute Gasteiger partial charge is 0.492 e. The lowest BCUT2D eigenvalue weighted by molar-refractivity contribution is 0.318. The molecule has 0 atom stereocenters. The molecule has 0 saturated heterocycles. The zero-order chi connectivity index (χ0) is 15.1. The molecule has 0 amide bonds. The highest BCUT2D eigenvalue weighted by atomic mass is 35.5. The molecule has 6 heteroatoms. The van der Waals surface area contributed by atoms with Crippen molar-refractivity contribution in [3.8, 4) is 5.75 Å². The Kier molecular flexibility index (Phi) is 5.29. The minimum atomic E-state index is 0.0712. The predicted octanol–water partition coefficient (Wildman–Crippen LogP) is 2.93. The summed E-state index contributed by atoms with van der Waals surface area (Å²) in [5.41, 5.74) is 7.00. The first kappa shape index (κ1) is 15.0. The summed E-state index contributed by atoms with van der Waals surface area (Å²) in [4.78, 5) is 0. The topological polar surface area (TPSA) is 79.9 Å². The Labute approximate surface area is 128 Å². The second-order valence-electron chi connectivity index (χ2n) is 4.26. The summed E-state index contributed by atoms with van der Waals surface area (Å²) in [5, 5.41) is 15.4. The molecule has 0 heterocycles. The molecule has 0 aliphatic heterocycles. The van der Waals surface area contributed by atoms with Crippen LogP contribution in [0.2, 0.25) is 5.02 Å². The maximum absolute atomic E-state index is 8.57. The van der Waals surface area contributed by atoms with E-state index in [0.29, 0.717) is 29.5 Å². The quantitative estimate of drug-likeness (QED) is 0.252. The third kappa shape index (κ3) is 4.29. The van der Waals surface area contributed by atoms with Crippen molar-refractivity contribution in [2.75, 3.05) is 18.5 Å². The Morgan fingerprint density at radius 2 is 1.90 bits per heavy atom. The van der Waals surface area contributed by atoms with Gasteiger partial charge in [0.2, 0.25) is 0 Å². The van der Waals surface area contributed by atoms with E-state index in [9.17, 15) is 0 Å². The van der Waals surface area contributed by atoms with E-state index in [0.717, 1.165) is 5.69 Å². The number of hydrogen-bond donors (Lipinski definition) is 3. The second kappa shape index (κ2) is 7.40. The standard InChI is InChI=1S/C15H16ClN3O2/c16-13-3-1-2-4-14(13)18-9-10-21-12-7-5-11(6-8-12)15(17)19-20/h1-8,18,20H,9-10H2,(H2,17,19). The zero-order valence-electron chi connectivity index (χ0n) is 11.3. The number of nitrogens with zero attached hydrogens (tertiary/aromatic N) is 1. The van der Waals surface area contributed by atoms with Gasteiger partial charge in [0.15, 0.2) is 5.84 Å². The van der Waals surface area contributed by atoms with Crippen molar-refractivity contribution < 1.29 is 9.94 Å². The van der Waals surface area contributed by atoms with Crippen molar-refractivity contribution in [1.82, 2.24) is 0 Å². The zero-order valence-corrected chi connectivity index (χ0v) is 12.0. The van der Waals surface area contributed by atoms with Crippen LogP contribution >= 0.6 is 11.6 Å². The van der Waals surface area contributed by atoms with E-state index in [-0.39, 0.29) is 5.84 Å². The van der Waals surface area contributed by atoms with Crippen molar-refractivity contribution in [3.63, 3.8) is 0 Å². The van der Waals surface area contributed by atoms with E-state index in [1.807, 2.05) is 24.3 Å². The molecule has 0 spiro atoms. The van der Waals surface area contributed by atoms with E-state index in [1.54, 1.807) is 24.3 Å². The number of oxime groups is 1. The first-order valence-electron chi connectivity index (χ1n) is 6.40. The highest BCUT2D eigenvalue weighted by Gasteiger charge is 2.00. The number of anilines is 1. The average molecular weight is 306 g/mol. The van der Waals surface area contributed by atoms with E-state index in [1.165, 1.54) is 0 Å². The summed E-state index contributed by atoms with van der Waals surface area (Å²) in [6.45, 7) is 1.12. The molecule has 2 aromatic carbocycles. The van der Waals surface area contributed by atoms with Crippen LogP contribution in [0.3, 0.4) is 0 Å². The number of hydrogen-bond acceptors (Lipinski definition) is 4. The van der Waals surface area contributed by atoms with Crippen LogP contribution in [-0.2, 0) is 0 Å². The van der Waals surface area contributed by atoms with Crippen molar-refractivity contribution in [1.29, 1.82) is 0 Å². The van der Waals surface area contributed by atoms with Crippen LogP contribution in [0.15, 0.2) is 53.7 Å². The lowest BCUT2D eigenvalue weighted by Crippen LogP contribution is -2.13. The molecular formula is C15H16ClN3O2. The molecule has 21 heavy (non-hydrogen) atoms. The van der Waals surface area contributed by atoms with E-state index in [2.05, 4.69) is 10.5 Å². The van der Waals surface area contributed by atoms with Crippen molar-refractivity contribution in [2.45, 2.75) is 0 Å². The third-order valence-corrected chi connectivity index (χ3v) is 3.15. The van der Waals surface area contributed by atoms with Gasteiger partial charge in [-0.05, 0) is 36.4 Å². The Bertz CT molecular complexity index is 615. The summed E-state index contributed by atoms with van der Waals surface area (Å²) in [6, 6.07) is 14.5. The highest BCUT2D eigenvalue weighted by molar-refractivity contribution is 6.33. The molecular weight excluding hydrogens is 290 g/mol. The fourth-order valence-electron chi connectivity index (χ4n) is 1.74. The summed E-state index contributed by atoms with van der Waals surface area (Å²) >= 11 is 6.03. The van der Waals surface area contributed by atoms with Crippen LogP contribution in [0.25, 0.3) is 0 Å². The molecule has 110 valence electrons. The average Bonchev–Trinajstić information content (AvgIpc) is 2.53. The van der Waals surface area contributed by atoms with Crippen molar-refractivity contribution in [2.24, 2.45) is 10.9 Å². The predicted molar refractivity (Wildman–Crippen MR) is 84.4 cm³/mol. The fourth-order valence-corrected chi connectivity index (χ4v) is 1.94. The number of halogens is 1. The number of rotatable bonds is 6. The van der Waals surface area contributed by atoms with Gasteiger partial charge in [-0.25, -0.2) is 0 Å². The Hall–Kier alpha value is -2.40. The molecule has 0 saturated carbocycles. The Balaban J connectivity index is 1.80. The van der Waals surface area contributed by atoms with E-state index >= 15 is 0 Å². The molecule has 2 aromatic rings. The first-order valence-corrected chi connectivity index (χ1v) is 6.77. The number of para-hydroxylation sites is 1. The van der Waals surface area contributed by atoms with Gasteiger partial charge in [0.1, 0.15) is 12.4 Å². The fraction of sp³-hybridized carbons (Fsp3) is 0.133. The van der Waals surface area contributed by atoms with Crippen LogP contribution in [-0.4, -0.2) is 24.2 Å². The Morgan fingerprint density at radius 1 is 1.19 bits per heavy atom. The minimum absolute atomic E-state index is 0.0712. The van der Waals surface area contributed by atoms with Gasteiger partial charge in [-0.15, -0.1) is 0 Å². The minimum Gasteiger partial charge on any atom is -0.492 e. The summed E-state index contributed by atoms with van der Waals surface area (Å²) < 4.78 is 5.59. The SMILES string of the molecule is NC(=NO)c1ccc(OCCNc2ccccc2Cl)cc1. The maximum atomic E-state index is 8.57. The molecule has 2 rings (SSSR count). The molecule has 0 aromatic heterocycles. The van der Waals surface area contributed by atoms with E-state index < -0.39 is 0 Å². The molecule has 0 fully saturated rings. The molecule has 0 unspecified atom stereocenters. The first-order chi connectivity index (χ1) is 10.2. The lowest BCUT2D eigenvalue weighted by Gasteiger charge is -2.10. The molecule has 0 aliphatic rings. The molecule has 4 N–H and O–H groups in total. The molecule has 0 radical (unpaired) electrons. The second-order valence-corrected chi connectivity index (χ2v) is 4.67. The van der Waals surface area contributed by atoms with Gasteiger partial charge in [0.05, 0.1) is 10.7 Å². The van der Waals surface area contributed by atoms with Crippen molar-refractivity contribution >= 4 is 23.1 Å². The van der Waals surface area contributed by atoms with Gasteiger partial charge < -0.3 is 21.0 Å². The number of benzene rings is 2. The van der Waals surface area contributed by atoms with Crippen LogP contribution in [0.5, 0.6) is 5.75 Å². The number of nitrogens with one attached hydrogen (secondary N) is 1. The van der Waals surface area contributed by atoms with Gasteiger partial charge in [0, 0.05) is 12.1 Å². The monoisotopic (exact) mass is 305 g/mol. The summed E-state index contributed by atoms with van der Waals surface area (Å²) in [6.07, 6.45) is 0. The van der Waals surface area contributed by atoms with Crippen LogP contribution in [0, 0.1) is 0 Å². The molecule has 0 aliphatic carbocycles.